The van der Waals surface area contributed by atoms with Crippen LogP contribution in [0.2, 0.25) is 0 Å². The van der Waals surface area contributed by atoms with E-state index < -0.39 is 40.7 Å². The molecule has 2 heterocycles. The number of carbonyl (C=O) groups is 1. The third kappa shape index (κ3) is 3.34. The molecule has 2 unspecified atom stereocenters. The second-order valence-electron chi connectivity index (χ2n) is 7.54. The summed E-state index contributed by atoms with van der Waals surface area (Å²) < 4.78 is 67.4. The van der Waals surface area contributed by atoms with E-state index in [9.17, 15) is 22.4 Å². The standard InChI is InChI=1S/C23H18F4N2O3/c1-12-4-9-19(32-12)20-21(15-7-5-13(24)10-16(15)26)28-29(23(20,2)22(30)31-3)18-8-6-14(25)11-17(18)27/h4-11,20H,1-3H3. The van der Waals surface area contributed by atoms with E-state index in [4.69, 9.17) is 9.15 Å². The Kier molecular flexibility index (Phi) is 5.28. The van der Waals surface area contributed by atoms with E-state index >= 15 is 0 Å². The van der Waals surface area contributed by atoms with Crippen LogP contribution in [-0.4, -0.2) is 24.3 Å². The molecule has 166 valence electrons. The van der Waals surface area contributed by atoms with Gasteiger partial charge in [-0.15, -0.1) is 0 Å². The van der Waals surface area contributed by atoms with Gasteiger partial charge in [-0.25, -0.2) is 27.4 Å². The number of anilines is 1. The Bertz CT molecular complexity index is 1240. The van der Waals surface area contributed by atoms with Crippen molar-refractivity contribution in [2.75, 3.05) is 12.1 Å². The van der Waals surface area contributed by atoms with Crippen molar-refractivity contribution in [2.24, 2.45) is 5.10 Å². The Balaban J connectivity index is 2.01. The number of rotatable bonds is 4. The van der Waals surface area contributed by atoms with Crippen molar-refractivity contribution in [1.29, 1.82) is 0 Å². The van der Waals surface area contributed by atoms with Crippen LogP contribution in [0.3, 0.4) is 0 Å². The first-order valence-corrected chi connectivity index (χ1v) is 9.60. The lowest BCUT2D eigenvalue weighted by molar-refractivity contribution is -0.146. The number of ether oxygens (including phenoxy) is 1. The number of carbonyl (C=O) groups excluding carboxylic acids is 1. The minimum Gasteiger partial charge on any atom is -0.467 e. The molecule has 32 heavy (non-hydrogen) atoms. The third-order valence-electron chi connectivity index (χ3n) is 5.47. The molecule has 0 fully saturated rings. The number of hydrazone groups is 1. The monoisotopic (exact) mass is 446 g/mol. The number of aryl methyl sites for hydroxylation is 1. The molecule has 0 radical (unpaired) electrons. The normalized spacial score (nSPS) is 20.4. The fourth-order valence-corrected chi connectivity index (χ4v) is 3.95. The molecular weight excluding hydrogens is 428 g/mol. The minimum atomic E-state index is -1.74. The fraction of sp³-hybridized carbons (Fsp3) is 0.217. The molecular formula is C23H18F4N2O3. The molecule has 0 amide bonds. The maximum absolute atomic E-state index is 14.8. The fourth-order valence-electron chi connectivity index (χ4n) is 3.95. The molecule has 1 aliphatic rings. The van der Waals surface area contributed by atoms with Crippen molar-refractivity contribution >= 4 is 17.4 Å². The van der Waals surface area contributed by atoms with E-state index in [0.717, 1.165) is 30.3 Å². The molecule has 9 heteroatoms. The van der Waals surface area contributed by atoms with Gasteiger partial charge in [0.1, 0.15) is 29.0 Å². The van der Waals surface area contributed by atoms with Gasteiger partial charge in [-0.2, -0.15) is 5.10 Å². The highest BCUT2D eigenvalue weighted by molar-refractivity contribution is 6.12. The van der Waals surface area contributed by atoms with Gasteiger partial charge in [-0.3, -0.25) is 0 Å². The molecule has 4 rings (SSSR count). The highest BCUT2D eigenvalue weighted by atomic mass is 19.1. The summed E-state index contributed by atoms with van der Waals surface area (Å²) in [6.45, 7) is 3.11. The van der Waals surface area contributed by atoms with Gasteiger partial charge in [0.25, 0.3) is 0 Å². The van der Waals surface area contributed by atoms with Crippen molar-refractivity contribution in [3.63, 3.8) is 0 Å². The van der Waals surface area contributed by atoms with Crippen LogP contribution in [-0.2, 0) is 9.53 Å². The Hall–Kier alpha value is -3.62. The van der Waals surface area contributed by atoms with Crippen LogP contribution in [0.5, 0.6) is 0 Å². The lowest BCUT2D eigenvalue weighted by Crippen LogP contribution is -2.53. The summed E-state index contributed by atoms with van der Waals surface area (Å²) in [6.07, 6.45) is 0. The number of benzene rings is 2. The number of nitrogens with zero attached hydrogens (tertiary/aromatic N) is 2. The van der Waals surface area contributed by atoms with Gasteiger partial charge >= 0.3 is 5.97 Å². The highest BCUT2D eigenvalue weighted by Crippen LogP contribution is 2.46. The summed E-state index contributed by atoms with van der Waals surface area (Å²) >= 11 is 0. The number of furan rings is 1. The third-order valence-corrected chi connectivity index (χ3v) is 5.47. The summed E-state index contributed by atoms with van der Waals surface area (Å²) in [5.41, 5.74) is -2.09. The minimum absolute atomic E-state index is 0.00604. The van der Waals surface area contributed by atoms with Gasteiger partial charge in [-0.05, 0) is 50.2 Å². The topological polar surface area (TPSA) is 55.0 Å². The summed E-state index contributed by atoms with van der Waals surface area (Å²) in [5, 5.41) is 5.39. The predicted octanol–water partition coefficient (Wildman–Crippen LogP) is 5.08. The molecule has 0 spiro atoms. The largest absolute Gasteiger partial charge is 0.467 e. The van der Waals surface area contributed by atoms with Gasteiger partial charge in [0.15, 0.2) is 11.4 Å². The zero-order valence-corrected chi connectivity index (χ0v) is 17.3. The van der Waals surface area contributed by atoms with Crippen LogP contribution < -0.4 is 5.01 Å². The average molecular weight is 446 g/mol. The van der Waals surface area contributed by atoms with E-state index in [-0.39, 0.29) is 22.7 Å². The molecule has 3 aromatic rings. The maximum atomic E-state index is 14.8. The number of esters is 1. The lowest BCUT2D eigenvalue weighted by Gasteiger charge is -2.35. The molecule has 1 aromatic heterocycles. The number of hydrogen-bond donors (Lipinski definition) is 0. The first-order valence-electron chi connectivity index (χ1n) is 9.60. The number of methoxy groups -OCH3 is 1. The zero-order valence-electron chi connectivity index (χ0n) is 17.3. The Labute approximate surface area is 180 Å². The van der Waals surface area contributed by atoms with Crippen molar-refractivity contribution in [2.45, 2.75) is 25.3 Å². The predicted molar refractivity (Wildman–Crippen MR) is 108 cm³/mol. The van der Waals surface area contributed by atoms with E-state index in [2.05, 4.69) is 5.10 Å². The first kappa shape index (κ1) is 21.6. The Morgan fingerprint density at radius 3 is 2.25 bits per heavy atom. The highest BCUT2D eigenvalue weighted by Gasteiger charge is 2.57. The average Bonchev–Trinajstić information content (AvgIpc) is 3.29. The van der Waals surface area contributed by atoms with E-state index in [1.807, 2.05) is 0 Å². The summed E-state index contributed by atoms with van der Waals surface area (Å²) in [4.78, 5) is 13.1. The molecule has 2 aromatic carbocycles. The van der Waals surface area contributed by atoms with Crippen molar-refractivity contribution in [1.82, 2.24) is 0 Å². The number of hydrogen-bond acceptors (Lipinski definition) is 5. The van der Waals surface area contributed by atoms with Crippen LogP contribution in [0, 0.1) is 30.2 Å². The SMILES string of the molecule is COC(=O)C1(C)C(c2ccc(C)o2)C(c2ccc(F)cc2F)=NN1c1ccc(F)cc1F. The van der Waals surface area contributed by atoms with Crippen LogP contribution >= 0.6 is 0 Å². The van der Waals surface area contributed by atoms with E-state index in [1.54, 1.807) is 19.1 Å². The Morgan fingerprint density at radius 1 is 1.03 bits per heavy atom. The second kappa shape index (κ2) is 7.81. The Morgan fingerprint density at radius 2 is 1.69 bits per heavy atom. The summed E-state index contributed by atoms with van der Waals surface area (Å²) in [6, 6.07) is 8.90. The molecule has 0 saturated carbocycles. The lowest BCUT2D eigenvalue weighted by atomic mass is 9.78. The number of halogens is 4. The quantitative estimate of drug-likeness (QED) is 0.414. The molecule has 1 aliphatic heterocycles. The van der Waals surface area contributed by atoms with E-state index in [0.29, 0.717) is 17.9 Å². The van der Waals surface area contributed by atoms with Crippen molar-refractivity contribution < 1.29 is 31.5 Å². The summed E-state index contributed by atoms with van der Waals surface area (Å²) in [7, 11) is 1.15. The van der Waals surface area contributed by atoms with Gasteiger partial charge in [0, 0.05) is 17.7 Å². The van der Waals surface area contributed by atoms with Crippen LogP contribution in [0.25, 0.3) is 0 Å². The molecule has 0 bridgehead atoms. The first-order chi connectivity index (χ1) is 15.2. The van der Waals surface area contributed by atoms with Crippen molar-refractivity contribution in [3.8, 4) is 0 Å². The van der Waals surface area contributed by atoms with Gasteiger partial charge in [0.2, 0.25) is 0 Å². The molecule has 5 nitrogen and oxygen atoms in total. The van der Waals surface area contributed by atoms with Crippen molar-refractivity contribution in [3.05, 3.63) is 88.9 Å². The van der Waals surface area contributed by atoms with Crippen LogP contribution in [0.1, 0.15) is 29.9 Å². The van der Waals surface area contributed by atoms with Gasteiger partial charge in [0.05, 0.1) is 24.4 Å². The molecule has 0 N–H and O–H groups in total. The smallest absolute Gasteiger partial charge is 0.334 e. The summed E-state index contributed by atoms with van der Waals surface area (Å²) in [5.74, 6) is -4.66. The zero-order chi connectivity index (χ0) is 23.2. The molecule has 0 saturated heterocycles. The van der Waals surface area contributed by atoms with Crippen LogP contribution in [0.15, 0.2) is 58.0 Å². The van der Waals surface area contributed by atoms with Crippen LogP contribution in [0.4, 0.5) is 23.2 Å². The van der Waals surface area contributed by atoms with Gasteiger partial charge in [-0.1, -0.05) is 0 Å². The maximum Gasteiger partial charge on any atom is 0.334 e. The molecule has 0 aliphatic carbocycles. The molecule has 2 atom stereocenters. The van der Waals surface area contributed by atoms with Gasteiger partial charge < -0.3 is 9.15 Å². The second-order valence-corrected chi connectivity index (χ2v) is 7.54. The van der Waals surface area contributed by atoms with E-state index in [1.165, 1.54) is 13.0 Å².